The van der Waals surface area contributed by atoms with Crippen LogP contribution in [0.3, 0.4) is 0 Å². The zero-order valence-electron chi connectivity index (χ0n) is 13.2. The van der Waals surface area contributed by atoms with Crippen LogP contribution in [0.25, 0.3) is 0 Å². The fraction of sp³-hybridized carbons (Fsp3) is 0.125. The van der Waals surface area contributed by atoms with Gasteiger partial charge in [0.05, 0.1) is 5.75 Å². The van der Waals surface area contributed by atoms with Crippen molar-refractivity contribution in [3.63, 3.8) is 0 Å². The van der Waals surface area contributed by atoms with Crippen LogP contribution >= 0.6 is 23.1 Å². The van der Waals surface area contributed by atoms with Crippen molar-refractivity contribution in [3.05, 3.63) is 47.5 Å². The van der Waals surface area contributed by atoms with E-state index in [1.165, 1.54) is 30.0 Å². The number of rotatable bonds is 7. The fourth-order valence-corrected chi connectivity index (χ4v) is 2.90. The summed E-state index contributed by atoms with van der Waals surface area (Å²) in [6.45, 7) is 1.35. The average Bonchev–Trinajstić information content (AvgIpc) is 3.07. The lowest BCUT2D eigenvalue weighted by Crippen LogP contribution is -2.13. The van der Waals surface area contributed by atoms with Gasteiger partial charge in [-0.05, 0) is 31.2 Å². The molecule has 0 radical (unpaired) electrons. The van der Waals surface area contributed by atoms with E-state index in [0.29, 0.717) is 10.8 Å². The fourth-order valence-electron chi connectivity index (χ4n) is 1.66. The molecule has 0 aliphatic heterocycles. The summed E-state index contributed by atoms with van der Waals surface area (Å²) < 4.78 is 0. The standard InChI is InChI=1S/C16H15N3O4S2/c1-10(15(22)23)8-13(20)18-11-2-4-12(5-3-11)25-9-14(21)19-16-17-6-7-24-16/h2-8H,9H2,1H3,(H,18,20)(H,22,23)(H,17,19,21). The number of thiazole rings is 1. The van der Waals surface area contributed by atoms with Gasteiger partial charge in [0.15, 0.2) is 5.13 Å². The third-order valence-corrected chi connectivity index (χ3v) is 4.56. The molecule has 0 saturated heterocycles. The van der Waals surface area contributed by atoms with Crippen molar-refractivity contribution in [2.45, 2.75) is 11.8 Å². The van der Waals surface area contributed by atoms with Gasteiger partial charge >= 0.3 is 5.97 Å². The largest absolute Gasteiger partial charge is 0.478 e. The van der Waals surface area contributed by atoms with E-state index in [9.17, 15) is 14.4 Å². The van der Waals surface area contributed by atoms with E-state index in [-0.39, 0.29) is 17.2 Å². The first-order valence-electron chi connectivity index (χ1n) is 7.09. The molecule has 2 amide bonds. The second kappa shape index (κ2) is 9.00. The van der Waals surface area contributed by atoms with Crippen LogP contribution in [-0.2, 0) is 14.4 Å². The number of hydrogen-bond donors (Lipinski definition) is 3. The SMILES string of the molecule is CC(=CC(=O)Nc1ccc(SCC(=O)Nc2nccs2)cc1)C(=O)O. The predicted octanol–water partition coefficient (Wildman–Crippen LogP) is 2.84. The highest BCUT2D eigenvalue weighted by Gasteiger charge is 2.07. The number of carbonyl (C=O) groups is 3. The number of carbonyl (C=O) groups excluding carboxylic acids is 2. The topological polar surface area (TPSA) is 108 Å². The molecule has 1 heterocycles. The van der Waals surface area contributed by atoms with Crippen molar-refractivity contribution in [3.8, 4) is 0 Å². The highest BCUT2D eigenvalue weighted by atomic mass is 32.2. The van der Waals surface area contributed by atoms with Crippen molar-refractivity contribution < 1.29 is 19.5 Å². The lowest BCUT2D eigenvalue weighted by Gasteiger charge is -2.05. The quantitative estimate of drug-likeness (QED) is 0.506. The van der Waals surface area contributed by atoms with Crippen molar-refractivity contribution in [2.24, 2.45) is 0 Å². The smallest absolute Gasteiger partial charge is 0.331 e. The van der Waals surface area contributed by atoms with Gasteiger partial charge < -0.3 is 15.7 Å². The number of benzene rings is 1. The molecule has 0 fully saturated rings. The molecule has 0 saturated carbocycles. The summed E-state index contributed by atoms with van der Waals surface area (Å²) in [7, 11) is 0. The molecule has 130 valence electrons. The van der Waals surface area contributed by atoms with Crippen LogP contribution in [0.5, 0.6) is 0 Å². The third-order valence-electron chi connectivity index (χ3n) is 2.86. The number of anilines is 2. The number of carboxylic acids is 1. The highest BCUT2D eigenvalue weighted by molar-refractivity contribution is 8.00. The summed E-state index contributed by atoms with van der Waals surface area (Å²) >= 11 is 2.71. The van der Waals surface area contributed by atoms with Gasteiger partial charge in [0.2, 0.25) is 11.8 Å². The highest BCUT2D eigenvalue weighted by Crippen LogP contribution is 2.21. The molecule has 0 aliphatic carbocycles. The summed E-state index contributed by atoms with van der Waals surface area (Å²) in [4.78, 5) is 39.0. The van der Waals surface area contributed by atoms with E-state index in [4.69, 9.17) is 5.11 Å². The Labute approximate surface area is 152 Å². The zero-order chi connectivity index (χ0) is 18.2. The Hall–Kier alpha value is -2.65. The van der Waals surface area contributed by atoms with Gasteiger partial charge in [0.25, 0.3) is 0 Å². The number of hydrogen-bond acceptors (Lipinski definition) is 6. The Balaban J connectivity index is 1.83. The minimum Gasteiger partial charge on any atom is -0.478 e. The molecule has 2 aromatic rings. The van der Waals surface area contributed by atoms with Crippen molar-refractivity contribution in [1.82, 2.24) is 4.98 Å². The van der Waals surface area contributed by atoms with Crippen molar-refractivity contribution in [2.75, 3.05) is 16.4 Å². The van der Waals surface area contributed by atoms with Crippen LogP contribution in [0.2, 0.25) is 0 Å². The van der Waals surface area contributed by atoms with Crippen molar-refractivity contribution in [1.29, 1.82) is 0 Å². The molecule has 0 unspecified atom stereocenters. The zero-order valence-corrected chi connectivity index (χ0v) is 14.8. The van der Waals surface area contributed by atoms with E-state index in [1.54, 1.807) is 35.8 Å². The van der Waals surface area contributed by atoms with Gasteiger partial charge in [-0.1, -0.05) is 0 Å². The van der Waals surface area contributed by atoms with Gasteiger partial charge in [-0.2, -0.15) is 0 Å². The summed E-state index contributed by atoms with van der Waals surface area (Å²) in [6, 6.07) is 6.90. The Bertz CT molecular complexity index is 786. The van der Waals surface area contributed by atoms with Gasteiger partial charge in [0, 0.05) is 33.8 Å². The van der Waals surface area contributed by atoms with Gasteiger partial charge in [0.1, 0.15) is 0 Å². The maximum atomic E-state index is 11.8. The normalized spacial score (nSPS) is 11.0. The first-order chi connectivity index (χ1) is 11.9. The van der Waals surface area contributed by atoms with Crippen LogP contribution in [0.4, 0.5) is 10.8 Å². The van der Waals surface area contributed by atoms with E-state index < -0.39 is 11.9 Å². The third kappa shape index (κ3) is 6.40. The number of aromatic nitrogens is 1. The second-order valence-electron chi connectivity index (χ2n) is 4.82. The maximum absolute atomic E-state index is 11.8. The summed E-state index contributed by atoms with van der Waals surface area (Å²) in [5.41, 5.74) is 0.493. The van der Waals surface area contributed by atoms with E-state index in [1.807, 2.05) is 0 Å². The minimum atomic E-state index is -1.14. The average molecular weight is 377 g/mol. The maximum Gasteiger partial charge on any atom is 0.331 e. The first kappa shape index (κ1) is 18.7. The van der Waals surface area contributed by atoms with E-state index in [0.717, 1.165) is 11.0 Å². The number of amides is 2. The molecule has 0 bridgehead atoms. The second-order valence-corrected chi connectivity index (χ2v) is 6.76. The molecule has 9 heteroatoms. The number of carboxylic acid groups (broad SMARTS) is 1. The molecule has 0 aliphatic rings. The minimum absolute atomic E-state index is 0.0454. The van der Waals surface area contributed by atoms with Crippen LogP contribution in [0.15, 0.2) is 52.4 Å². The summed E-state index contributed by atoms with van der Waals surface area (Å²) in [5, 5.41) is 16.3. The molecular formula is C16H15N3O4S2. The lowest BCUT2D eigenvalue weighted by atomic mass is 10.2. The molecule has 3 N–H and O–H groups in total. The molecule has 2 rings (SSSR count). The monoisotopic (exact) mass is 377 g/mol. The lowest BCUT2D eigenvalue weighted by molar-refractivity contribution is -0.132. The Morgan fingerprint density at radius 1 is 1.24 bits per heavy atom. The molecule has 1 aromatic carbocycles. The Morgan fingerprint density at radius 3 is 2.56 bits per heavy atom. The Morgan fingerprint density at radius 2 is 1.96 bits per heavy atom. The van der Waals surface area contributed by atoms with Crippen LogP contribution < -0.4 is 10.6 Å². The number of aliphatic carboxylic acids is 1. The molecule has 0 atom stereocenters. The van der Waals surface area contributed by atoms with Crippen LogP contribution in [0, 0.1) is 0 Å². The molecule has 1 aromatic heterocycles. The predicted molar refractivity (Wildman–Crippen MR) is 97.9 cm³/mol. The van der Waals surface area contributed by atoms with Gasteiger partial charge in [-0.3, -0.25) is 9.59 Å². The molecule has 25 heavy (non-hydrogen) atoms. The summed E-state index contributed by atoms with van der Waals surface area (Å²) in [5.74, 6) is -1.56. The van der Waals surface area contributed by atoms with E-state index in [2.05, 4.69) is 15.6 Å². The number of nitrogens with one attached hydrogen (secondary N) is 2. The Kier molecular flexibility index (Phi) is 6.72. The molecular weight excluding hydrogens is 362 g/mol. The van der Waals surface area contributed by atoms with Gasteiger partial charge in [-0.25, -0.2) is 9.78 Å². The summed E-state index contributed by atoms with van der Waals surface area (Å²) in [6.07, 6.45) is 2.64. The number of thioether (sulfide) groups is 1. The van der Waals surface area contributed by atoms with E-state index >= 15 is 0 Å². The molecule has 0 spiro atoms. The van der Waals surface area contributed by atoms with Gasteiger partial charge in [-0.15, -0.1) is 23.1 Å². The van der Waals surface area contributed by atoms with Crippen molar-refractivity contribution >= 4 is 51.7 Å². The van der Waals surface area contributed by atoms with Crippen LogP contribution in [-0.4, -0.2) is 33.6 Å². The van der Waals surface area contributed by atoms with Crippen LogP contribution in [0.1, 0.15) is 6.92 Å². The molecule has 7 nitrogen and oxygen atoms in total. The number of nitrogens with zero attached hydrogens (tertiary/aromatic N) is 1. The first-order valence-corrected chi connectivity index (χ1v) is 8.95.